The van der Waals surface area contributed by atoms with Gasteiger partial charge in [-0.05, 0) is 62.5 Å². The van der Waals surface area contributed by atoms with Crippen LogP contribution in [0.3, 0.4) is 0 Å². The Bertz CT molecular complexity index is 578. The van der Waals surface area contributed by atoms with Crippen LogP contribution in [-0.2, 0) is 10.0 Å². The highest BCUT2D eigenvalue weighted by atomic mass is 32.2. The molecular weight excluding hydrogens is 312 g/mol. The van der Waals surface area contributed by atoms with Crippen molar-refractivity contribution in [1.29, 1.82) is 0 Å². The third kappa shape index (κ3) is 4.93. The van der Waals surface area contributed by atoms with Crippen LogP contribution in [-0.4, -0.2) is 45.5 Å². The van der Waals surface area contributed by atoms with Gasteiger partial charge in [-0.3, -0.25) is 0 Å². The summed E-state index contributed by atoms with van der Waals surface area (Å²) in [6, 6.07) is 6.82. The lowest BCUT2D eigenvalue weighted by Gasteiger charge is -2.30. The van der Waals surface area contributed by atoms with E-state index in [9.17, 15) is 8.42 Å². The van der Waals surface area contributed by atoms with E-state index in [0.717, 1.165) is 32.4 Å². The van der Waals surface area contributed by atoms with Gasteiger partial charge in [0.15, 0.2) is 0 Å². The summed E-state index contributed by atoms with van der Waals surface area (Å²) in [7, 11) is -1.76. The first kappa shape index (κ1) is 18.2. The Labute approximate surface area is 140 Å². The number of hydrogen-bond donors (Lipinski definition) is 1. The smallest absolute Gasteiger partial charge is 0.243 e. The van der Waals surface area contributed by atoms with Crippen molar-refractivity contribution in [2.24, 2.45) is 5.92 Å². The summed E-state index contributed by atoms with van der Waals surface area (Å²) in [6.45, 7) is 6.68. The van der Waals surface area contributed by atoms with E-state index in [0.29, 0.717) is 23.2 Å². The zero-order valence-electron chi connectivity index (χ0n) is 14.3. The fourth-order valence-electron chi connectivity index (χ4n) is 2.65. The molecule has 1 aromatic rings. The zero-order chi connectivity index (χ0) is 16.9. The van der Waals surface area contributed by atoms with E-state index in [2.05, 4.69) is 19.2 Å². The maximum absolute atomic E-state index is 12.7. The summed E-state index contributed by atoms with van der Waals surface area (Å²) in [6.07, 6.45) is 2.69. The van der Waals surface area contributed by atoms with Gasteiger partial charge in [-0.15, -0.1) is 0 Å². The molecule has 1 N–H and O–H groups in total. The van der Waals surface area contributed by atoms with E-state index < -0.39 is 10.0 Å². The lowest BCUT2D eigenvalue weighted by Crippen LogP contribution is -2.43. The number of ether oxygens (including phenoxy) is 1. The molecule has 1 aliphatic rings. The molecule has 1 heterocycles. The molecule has 6 heteroatoms. The van der Waals surface area contributed by atoms with Gasteiger partial charge >= 0.3 is 0 Å². The highest BCUT2D eigenvalue weighted by molar-refractivity contribution is 7.89. The molecular formula is C17H28N2O3S. The first-order chi connectivity index (χ1) is 10.9. The van der Waals surface area contributed by atoms with Gasteiger partial charge in [0, 0.05) is 13.1 Å². The Kier molecular flexibility index (Phi) is 6.44. The highest BCUT2D eigenvalue weighted by Gasteiger charge is 2.28. The number of rotatable bonds is 7. The molecule has 5 nitrogen and oxygen atoms in total. The molecule has 0 amide bonds. The van der Waals surface area contributed by atoms with E-state index in [1.165, 1.54) is 4.31 Å². The Morgan fingerprint density at radius 1 is 1.22 bits per heavy atom. The molecule has 23 heavy (non-hydrogen) atoms. The van der Waals surface area contributed by atoms with Crippen LogP contribution in [0.2, 0.25) is 0 Å². The van der Waals surface area contributed by atoms with Gasteiger partial charge in [0.2, 0.25) is 10.0 Å². The van der Waals surface area contributed by atoms with Crippen molar-refractivity contribution in [2.75, 3.05) is 26.7 Å². The Morgan fingerprint density at radius 3 is 2.39 bits per heavy atom. The predicted molar refractivity (Wildman–Crippen MR) is 92.2 cm³/mol. The summed E-state index contributed by atoms with van der Waals surface area (Å²) in [5, 5.41) is 3.26. The Hall–Kier alpha value is -1.11. The molecule has 0 atom stereocenters. The minimum Gasteiger partial charge on any atom is -0.494 e. The van der Waals surface area contributed by atoms with Crippen molar-refractivity contribution in [3.63, 3.8) is 0 Å². The van der Waals surface area contributed by atoms with Crippen LogP contribution in [0.15, 0.2) is 29.2 Å². The van der Waals surface area contributed by atoms with Crippen LogP contribution in [0, 0.1) is 5.92 Å². The first-order valence-electron chi connectivity index (χ1n) is 8.33. The average Bonchev–Trinajstić information content (AvgIpc) is 2.55. The highest BCUT2D eigenvalue weighted by Crippen LogP contribution is 2.23. The Morgan fingerprint density at radius 2 is 1.83 bits per heavy atom. The van der Waals surface area contributed by atoms with Crippen molar-refractivity contribution in [3.05, 3.63) is 24.3 Å². The number of nitrogens with one attached hydrogen (secondary N) is 1. The first-order valence-corrected chi connectivity index (χ1v) is 9.77. The third-order valence-electron chi connectivity index (χ3n) is 4.29. The molecule has 1 aliphatic heterocycles. The summed E-state index contributed by atoms with van der Waals surface area (Å²) in [5.41, 5.74) is 0. The minimum absolute atomic E-state index is 0.0724. The molecule has 0 spiro atoms. The van der Waals surface area contributed by atoms with Crippen LogP contribution >= 0.6 is 0 Å². The molecule has 0 bridgehead atoms. The van der Waals surface area contributed by atoms with Crippen LogP contribution < -0.4 is 10.1 Å². The van der Waals surface area contributed by atoms with Gasteiger partial charge in [0.25, 0.3) is 0 Å². The van der Waals surface area contributed by atoms with Crippen molar-refractivity contribution < 1.29 is 13.2 Å². The van der Waals surface area contributed by atoms with Crippen molar-refractivity contribution in [2.45, 2.75) is 44.0 Å². The number of piperidine rings is 1. The normalized spacial score (nSPS) is 16.9. The average molecular weight is 340 g/mol. The van der Waals surface area contributed by atoms with E-state index >= 15 is 0 Å². The maximum Gasteiger partial charge on any atom is 0.243 e. The monoisotopic (exact) mass is 340 g/mol. The van der Waals surface area contributed by atoms with Gasteiger partial charge in [-0.25, -0.2) is 8.42 Å². The molecule has 0 aromatic heterocycles. The molecule has 130 valence electrons. The van der Waals surface area contributed by atoms with Crippen LogP contribution in [0.4, 0.5) is 0 Å². The number of hydrogen-bond acceptors (Lipinski definition) is 4. The second kappa shape index (κ2) is 8.13. The van der Waals surface area contributed by atoms with Crippen molar-refractivity contribution in [3.8, 4) is 5.75 Å². The standard InChI is InChI=1S/C17H28N2O3S/c1-14(2)10-13-22-16-4-6-17(7-5-16)23(20,21)19(3)15-8-11-18-12-9-15/h4-7,14-15,18H,8-13H2,1-3H3. The van der Waals surface area contributed by atoms with Crippen LogP contribution in [0.25, 0.3) is 0 Å². The minimum atomic E-state index is -3.44. The quantitative estimate of drug-likeness (QED) is 0.828. The summed E-state index contributed by atoms with van der Waals surface area (Å²) in [4.78, 5) is 0.328. The van der Waals surface area contributed by atoms with Crippen LogP contribution in [0.1, 0.15) is 33.1 Å². The number of benzene rings is 1. The van der Waals surface area contributed by atoms with Gasteiger partial charge < -0.3 is 10.1 Å². The predicted octanol–water partition coefficient (Wildman–Crippen LogP) is 2.48. The van der Waals surface area contributed by atoms with E-state index in [4.69, 9.17) is 4.74 Å². The summed E-state index contributed by atoms with van der Waals surface area (Å²) < 4.78 is 32.6. The van der Waals surface area contributed by atoms with Crippen LogP contribution in [0.5, 0.6) is 5.75 Å². The molecule has 1 aromatic carbocycles. The third-order valence-corrected chi connectivity index (χ3v) is 6.21. The van der Waals surface area contributed by atoms with Crippen molar-refractivity contribution in [1.82, 2.24) is 9.62 Å². The SMILES string of the molecule is CC(C)CCOc1ccc(S(=O)(=O)N(C)C2CCNCC2)cc1. The number of nitrogens with zero attached hydrogens (tertiary/aromatic N) is 1. The van der Waals surface area contributed by atoms with Gasteiger partial charge in [-0.2, -0.15) is 4.31 Å². The molecule has 0 radical (unpaired) electrons. The van der Waals surface area contributed by atoms with E-state index in [-0.39, 0.29) is 6.04 Å². The van der Waals surface area contributed by atoms with Gasteiger partial charge in [0.05, 0.1) is 11.5 Å². The molecule has 0 aliphatic carbocycles. The lowest BCUT2D eigenvalue weighted by molar-refractivity contribution is 0.289. The molecule has 0 saturated carbocycles. The number of sulfonamides is 1. The van der Waals surface area contributed by atoms with Gasteiger partial charge in [-0.1, -0.05) is 13.8 Å². The van der Waals surface area contributed by atoms with E-state index in [1.54, 1.807) is 31.3 Å². The summed E-state index contributed by atoms with van der Waals surface area (Å²) in [5.74, 6) is 1.31. The molecule has 2 rings (SSSR count). The molecule has 1 fully saturated rings. The molecule has 0 unspecified atom stereocenters. The zero-order valence-corrected chi connectivity index (χ0v) is 15.1. The second-order valence-electron chi connectivity index (χ2n) is 6.50. The Balaban J connectivity index is 2.01. The summed E-state index contributed by atoms with van der Waals surface area (Å²) >= 11 is 0. The van der Waals surface area contributed by atoms with Gasteiger partial charge in [0.1, 0.15) is 5.75 Å². The van der Waals surface area contributed by atoms with Crippen molar-refractivity contribution >= 4 is 10.0 Å². The maximum atomic E-state index is 12.7. The topological polar surface area (TPSA) is 58.6 Å². The second-order valence-corrected chi connectivity index (χ2v) is 8.50. The fraction of sp³-hybridized carbons (Fsp3) is 0.647. The molecule has 1 saturated heterocycles. The lowest BCUT2D eigenvalue weighted by atomic mass is 10.1. The largest absolute Gasteiger partial charge is 0.494 e. The fourth-order valence-corrected chi connectivity index (χ4v) is 4.07. The van der Waals surface area contributed by atoms with E-state index in [1.807, 2.05) is 0 Å².